The molecule has 0 aromatic carbocycles. The van der Waals surface area contributed by atoms with Gasteiger partial charge in [0.15, 0.2) is 0 Å². The van der Waals surface area contributed by atoms with Crippen LogP contribution in [0.5, 0.6) is 0 Å². The van der Waals surface area contributed by atoms with Crippen LogP contribution in [0.2, 0.25) is 0 Å². The summed E-state index contributed by atoms with van der Waals surface area (Å²) in [7, 11) is 2.39. The maximum Gasteiger partial charge on any atom is 0.113 e. The van der Waals surface area contributed by atoms with Crippen LogP contribution in [-0.2, 0) is 0 Å². The lowest BCUT2D eigenvalue weighted by Crippen LogP contribution is -2.52. The van der Waals surface area contributed by atoms with E-state index in [-0.39, 0.29) is 0 Å². The van der Waals surface area contributed by atoms with Crippen LogP contribution in [0.15, 0.2) is 11.8 Å². The number of rotatable bonds is 3. The van der Waals surface area contributed by atoms with Crippen LogP contribution >= 0.6 is 12.2 Å². The van der Waals surface area contributed by atoms with Crippen LogP contribution in [0, 0.1) is 0 Å². The van der Waals surface area contributed by atoms with Crippen LogP contribution in [0.4, 0.5) is 0 Å². The first-order valence-electron chi connectivity index (χ1n) is 6.97. The fourth-order valence-corrected chi connectivity index (χ4v) is 4.23. The summed E-state index contributed by atoms with van der Waals surface area (Å²) in [6, 6.07) is 1.63. The van der Waals surface area contributed by atoms with E-state index < -0.39 is 0 Å². The molecule has 2 saturated heterocycles. The molecule has 3 aliphatic rings. The van der Waals surface area contributed by atoms with Gasteiger partial charge in [0.25, 0.3) is 0 Å². The Hall–Kier alpha value is -0.410. The molecule has 3 heteroatoms. The molecular formula is C14H23N2S+. The Morgan fingerprint density at radius 2 is 2.35 bits per heavy atom. The highest BCUT2D eigenvalue weighted by atomic mass is 32.1. The smallest absolute Gasteiger partial charge is 0.113 e. The molecule has 17 heavy (non-hydrogen) atoms. The second-order valence-electron chi connectivity index (χ2n) is 6.13. The molecule has 0 spiro atoms. The van der Waals surface area contributed by atoms with E-state index in [1.165, 1.54) is 45.2 Å². The molecule has 3 atom stereocenters. The van der Waals surface area contributed by atoms with Crippen molar-refractivity contribution < 1.29 is 4.48 Å². The maximum atomic E-state index is 5.10. The summed E-state index contributed by atoms with van der Waals surface area (Å²) >= 11 is 5.10. The van der Waals surface area contributed by atoms with Crippen LogP contribution in [-0.4, -0.2) is 53.5 Å². The van der Waals surface area contributed by atoms with Gasteiger partial charge in [-0.05, 0) is 19.3 Å². The minimum Gasteiger partial charge on any atom is -0.374 e. The van der Waals surface area contributed by atoms with Crippen molar-refractivity contribution >= 4 is 17.6 Å². The molecule has 0 N–H and O–H groups in total. The molecule has 0 aromatic heterocycles. The van der Waals surface area contributed by atoms with Gasteiger partial charge in [-0.15, -0.1) is 0 Å². The van der Waals surface area contributed by atoms with Crippen LogP contribution in [0.25, 0.3) is 0 Å². The van der Waals surface area contributed by atoms with Crippen molar-refractivity contribution in [3.8, 4) is 0 Å². The quantitative estimate of drug-likeness (QED) is 0.559. The Balaban J connectivity index is 1.78. The number of fused-ring (bicyclic) bond motifs is 1. The predicted octanol–water partition coefficient (Wildman–Crippen LogP) is 2.35. The van der Waals surface area contributed by atoms with E-state index in [1.54, 1.807) is 5.57 Å². The Kier molecular flexibility index (Phi) is 2.99. The first-order chi connectivity index (χ1) is 8.23. The fraction of sp³-hybridized carbons (Fsp3) is 0.786. The molecule has 3 heterocycles. The lowest BCUT2D eigenvalue weighted by atomic mass is 9.88. The van der Waals surface area contributed by atoms with E-state index >= 15 is 0 Å². The minimum atomic E-state index is 0.746. The van der Waals surface area contributed by atoms with E-state index in [0.29, 0.717) is 0 Å². The third-order valence-corrected chi connectivity index (χ3v) is 5.26. The average Bonchev–Trinajstić information content (AvgIpc) is 2.63. The van der Waals surface area contributed by atoms with E-state index in [1.807, 2.05) is 5.37 Å². The molecule has 0 bridgehead atoms. The molecule has 0 aromatic rings. The Labute approximate surface area is 110 Å². The lowest BCUT2D eigenvalue weighted by Gasteiger charge is -2.46. The zero-order chi connectivity index (χ0) is 11.9. The van der Waals surface area contributed by atoms with E-state index in [4.69, 9.17) is 12.2 Å². The number of thiocarbonyl (C=S) groups is 1. The summed E-state index contributed by atoms with van der Waals surface area (Å²) in [5.74, 6) is 0. The summed E-state index contributed by atoms with van der Waals surface area (Å²) in [5, 5.41) is 1.94. The van der Waals surface area contributed by atoms with Gasteiger partial charge in [-0.3, -0.25) is 0 Å². The van der Waals surface area contributed by atoms with Gasteiger partial charge < -0.3 is 9.38 Å². The van der Waals surface area contributed by atoms with E-state index in [2.05, 4.69) is 18.1 Å². The van der Waals surface area contributed by atoms with Gasteiger partial charge in [0, 0.05) is 42.6 Å². The zero-order valence-electron chi connectivity index (χ0n) is 10.8. The third-order valence-electron chi connectivity index (χ3n) is 5.11. The fourth-order valence-electron chi connectivity index (χ4n) is 3.89. The summed E-state index contributed by atoms with van der Waals surface area (Å²) in [6.07, 6.45) is 9.36. The van der Waals surface area contributed by atoms with Gasteiger partial charge >= 0.3 is 0 Å². The molecule has 0 saturated carbocycles. The molecule has 94 valence electrons. The Morgan fingerprint density at radius 1 is 1.47 bits per heavy atom. The first-order valence-corrected chi connectivity index (χ1v) is 7.44. The average molecular weight is 251 g/mol. The third kappa shape index (κ3) is 1.93. The van der Waals surface area contributed by atoms with Gasteiger partial charge in [0.2, 0.25) is 0 Å². The van der Waals surface area contributed by atoms with Crippen molar-refractivity contribution in [2.75, 3.05) is 26.7 Å². The Morgan fingerprint density at radius 3 is 3.00 bits per heavy atom. The van der Waals surface area contributed by atoms with E-state index in [9.17, 15) is 0 Å². The number of nitrogens with zero attached hydrogens (tertiary/aromatic N) is 2. The largest absolute Gasteiger partial charge is 0.374 e. The number of likely N-dealkylation sites (N-methyl/N-ethyl adjacent to an activating group) is 1. The molecule has 2 nitrogen and oxygen atoms in total. The van der Waals surface area contributed by atoms with Gasteiger partial charge in [0.1, 0.15) is 12.6 Å². The minimum absolute atomic E-state index is 0.746. The number of hydrogen-bond donors (Lipinski definition) is 0. The number of quaternary nitrogens is 1. The standard InChI is InChI=1S/C14H23N2S/c1-16(9-10-17)8-2-3-14(16)12-4-5-13-6-7-15(13)11-12/h10-11,13-14H,2-9H2,1H3/q+1. The normalized spacial score (nSPS) is 40.5. The number of likely N-dealkylation sites (tertiary alicyclic amines) is 1. The van der Waals surface area contributed by atoms with Crippen molar-refractivity contribution in [3.63, 3.8) is 0 Å². The number of hydrogen-bond acceptors (Lipinski definition) is 2. The molecule has 3 aliphatic heterocycles. The maximum absolute atomic E-state index is 5.10. The van der Waals surface area contributed by atoms with Crippen molar-refractivity contribution in [2.45, 2.75) is 44.2 Å². The zero-order valence-corrected chi connectivity index (χ0v) is 11.6. The SMILES string of the molecule is C[N+]1(CC=S)CCCC1C1=CN2CCC2CC1. The van der Waals surface area contributed by atoms with Gasteiger partial charge in [0.05, 0.1) is 13.6 Å². The van der Waals surface area contributed by atoms with Crippen LogP contribution < -0.4 is 0 Å². The van der Waals surface area contributed by atoms with Crippen LogP contribution in [0.3, 0.4) is 0 Å². The highest BCUT2D eigenvalue weighted by Crippen LogP contribution is 2.37. The first kappa shape index (κ1) is 11.7. The van der Waals surface area contributed by atoms with Crippen molar-refractivity contribution in [3.05, 3.63) is 11.8 Å². The Bertz CT molecular complexity index is 352. The second kappa shape index (κ2) is 4.36. The molecule has 0 radical (unpaired) electrons. The predicted molar refractivity (Wildman–Crippen MR) is 75.0 cm³/mol. The van der Waals surface area contributed by atoms with Gasteiger partial charge in [-0.1, -0.05) is 12.2 Å². The summed E-state index contributed by atoms with van der Waals surface area (Å²) < 4.78 is 1.16. The molecular weight excluding hydrogens is 228 g/mol. The molecule has 3 unspecified atom stereocenters. The summed E-state index contributed by atoms with van der Waals surface area (Å²) in [5.41, 5.74) is 1.71. The molecule has 2 fully saturated rings. The summed E-state index contributed by atoms with van der Waals surface area (Å²) in [4.78, 5) is 2.57. The molecule has 3 rings (SSSR count). The summed E-state index contributed by atoms with van der Waals surface area (Å²) in [6.45, 7) is 3.65. The van der Waals surface area contributed by atoms with Crippen molar-refractivity contribution in [2.24, 2.45) is 0 Å². The monoisotopic (exact) mass is 251 g/mol. The van der Waals surface area contributed by atoms with Crippen LogP contribution in [0.1, 0.15) is 32.1 Å². The van der Waals surface area contributed by atoms with Crippen molar-refractivity contribution in [1.82, 2.24) is 4.90 Å². The topological polar surface area (TPSA) is 3.24 Å². The highest BCUT2D eigenvalue weighted by molar-refractivity contribution is 7.79. The molecule has 0 aliphatic carbocycles. The van der Waals surface area contributed by atoms with Crippen molar-refractivity contribution in [1.29, 1.82) is 0 Å². The molecule has 0 amide bonds. The lowest BCUT2D eigenvalue weighted by molar-refractivity contribution is -0.906. The highest BCUT2D eigenvalue weighted by Gasteiger charge is 2.41. The second-order valence-corrected chi connectivity index (χ2v) is 6.47. The van der Waals surface area contributed by atoms with Gasteiger partial charge in [-0.25, -0.2) is 0 Å². The van der Waals surface area contributed by atoms with E-state index in [0.717, 1.165) is 23.1 Å². The van der Waals surface area contributed by atoms with Gasteiger partial charge in [-0.2, -0.15) is 0 Å².